The highest BCUT2D eigenvalue weighted by molar-refractivity contribution is 5.80. The fourth-order valence-electron chi connectivity index (χ4n) is 2.24. The molecule has 2 heterocycles. The van der Waals surface area contributed by atoms with E-state index in [1.165, 1.54) is 0 Å². The molecule has 0 unspecified atom stereocenters. The van der Waals surface area contributed by atoms with Crippen LogP contribution in [0.5, 0.6) is 0 Å². The van der Waals surface area contributed by atoms with Crippen LogP contribution in [0.2, 0.25) is 0 Å². The second-order valence-electron chi connectivity index (χ2n) is 4.70. The van der Waals surface area contributed by atoms with Crippen molar-refractivity contribution >= 4 is 0 Å². The lowest BCUT2D eigenvalue weighted by atomic mass is 10.0. The number of benzene rings is 1. The summed E-state index contributed by atoms with van der Waals surface area (Å²) in [4.78, 5) is 4.05. The Hall–Kier alpha value is -2.46. The molecule has 2 aromatic heterocycles. The Morgan fingerprint density at radius 1 is 1.00 bits per heavy atom. The third-order valence-corrected chi connectivity index (χ3v) is 3.28. The summed E-state index contributed by atoms with van der Waals surface area (Å²) in [7, 11) is 1.93. The molecule has 3 aromatic rings. The van der Waals surface area contributed by atoms with E-state index in [1.54, 1.807) is 12.4 Å². The minimum atomic E-state index is 0.560. The van der Waals surface area contributed by atoms with Gasteiger partial charge in [-0.25, -0.2) is 0 Å². The largest absolute Gasteiger partial charge is 0.326 e. The Morgan fingerprint density at radius 2 is 1.70 bits per heavy atom. The first-order valence-electron chi connectivity index (χ1n) is 6.51. The molecule has 0 saturated carbocycles. The van der Waals surface area contributed by atoms with Crippen LogP contribution in [-0.4, -0.2) is 14.8 Å². The lowest BCUT2D eigenvalue weighted by molar-refractivity contribution is 0.771. The van der Waals surface area contributed by atoms with Crippen molar-refractivity contribution in [1.82, 2.24) is 14.8 Å². The zero-order valence-electron chi connectivity index (χ0n) is 11.3. The summed E-state index contributed by atoms with van der Waals surface area (Å²) >= 11 is 0. The molecule has 3 rings (SSSR count). The van der Waals surface area contributed by atoms with Crippen molar-refractivity contribution in [2.24, 2.45) is 12.8 Å². The van der Waals surface area contributed by atoms with E-state index in [1.807, 2.05) is 30.1 Å². The fraction of sp³-hybridized carbons (Fsp3) is 0.125. The quantitative estimate of drug-likeness (QED) is 0.791. The topological polar surface area (TPSA) is 56.7 Å². The summed E-state index contributed by atoms with van der Waals surface area (Å²) in [5.74, 6) is 0. The van der Waals surface area contributed by atoms with Gasteiger partial charge in [0.1, 0.15) is 5.69 Å². The first kappa shape index (κ1) is 12.6. The normalized spacial score (nSPS) is 10.7. The van der Waals surface area contributed by atoms with Crippen LogP contribution in [0.15, 0.2) is 55.0 Å². The third kappa shape index (κ3) is 2.33. The Bertz CT molecular complexity index is 699. The summed E-state index contributed by atoms with van der Waals surface area (Å²) in [5, 5.41) is 4.56. The van der Waals surface area contributed by atoms with E-state index in [0.29, 0.717) is 6.54 Å². The molecular weight excluding hydrogens is 248 g/mol. The number of nitrogens with two attached hydrogens (primary N) is 1. The minimum Gasteiger partial charge on any atom is -0.326 e. The Morgan fingerprint density at radius 3 is 2.35 bits per heavy atom. The van der Waals surface area contributed by atoms with Crippen LogP contribution < -0.4 is 5.73 Å². The van der Waals surface area contributed by atoms with Gasteiger partial charge in [0.05, 0.1) is 0 Å². The fourth-order valence-corrected chi connectivity index (χ4v) is 2.24. The van der Waals surface area contributed by atoms with Crippen LogP contribution >= 0.6 is 0 Å². The molecule has 20 heavy (non-hydrogen) atoms. The van der Waals surface area contributed by atoms with Gasteiger partial charge in [0, 0.05) is 43.3 Å². The summed E-state index contributed by atoms with van der Waals surface area (Å²) < 4.78 is 1.84. The van der Waals surface area contributed by atoms with Gasteiger partial charge in [0.15, 0.2) is 0 Å². The van der Waals surface area contributed by atoms with Crippen molar-refractivity contribution in [3.63, 3.8) is 0 Å². The SMILES string of the molecule is Cn1cc(-c2ccc(CN)cc2)c(-c2ccncc2)n1. The van der Waals surface area contributed by atoms with Crippen molar-refractivity contribution < 1.29 is 0 Å². The molecule has 0 aliphatic carbocycles. The van der Waals surface area contributed by atoms with Crippen LogP contribution in [0.4, 0.5) is 0 Å². The number of rotatable bonds is 3. The van der Waals surface area contributed by atoms with E-state index in [4.69, 9.17) is 5.73 Å². The number of hydrogen-bond acceptors (Lipinski definition) is 3. The third-order valence-electron chi connectivity index (χ3n) is 3.28. The van der Waals surface area contributed by atoms with E-state index in [0.717, 1.165) is 27.9 Å². The number of hydrogen-bond donors (Lipinski definition) is 1. The first-order chi connectivity index (χ1) is 9.78. The molecule has 0 spiro atoms. The molecule has 100 valence electrons. The van der Waals surface area contributed by atoms with Crippen LogP contribution in [0, 0.1) is 0 Å². The molecule has 0 aliphatic rings. The average Bonchev–Trinajstić information content (AvgIpc) is 2.90. The van der Waals surface area contributed by atoms with Gasteiger partial charge < -0.3 is 5.73 Å². The van der Waals surface area contributed by atoms with Crippen molar-refractivity contribution in [3.8, 4) is 22.4 Å². The monoisotopic (exact) mass is 264 g/mol. The first-order valence-corrected chi connectivity index (χ1v) is 6.51. The molecule has 4 heteroatoms. The number of nitrogens with zero attached hydrogens (tertiary/aromatic N) is 3. The maximum absolute atomic E-state index is 5.64. The molecule has 1 aromatic carbocycles. The molecule has 0 amide bonds. The molecule has 0 radical (unpaired) electrons. The van der Waals surface area contributed by atoms with E-state index in [9.17, 15) is 0 Å². The molecule has 0 atom stereocenters. The van der Waals surface area contributed by atoms with Crippen molar-refractivity contribution in [2.75, 3.05) is 0 Å². The molecular formula is C16H16N4. The van der Waals surface area contributed by atoms with Gasteiger partial charge in [-0.1, -0.05) is 24.3 Å². The van der Waals surface area contributed by atoms with Gasteiger partial charge in [-0.2, -0.15) is 5.10 Å². The van der Waals surface area contributed by atoms with Gasteiger partial charge in [-0.15, -0.1) is 0 Å². The minimum absolute atomic E-state index is 0.560. The molecule has 2 N–H and O–H groups in total. The average molecular weight is 264 g/mol. The Balaban J connectivity index is 2.09. The Labute approximate surface area is 117 Å². The summed E-state index contributed by atoms with van der Waals surface area (Å²) in [6.07, 6.45) is 5.60. The van der Waals surface area contributed by atoms with E-state index in [-0.39, 0.29) is 0 Å². The number of aryl methyl sites for hydroxylation is 1. The van der Waals surface area contributed by atoms with Crippen molar-refractivity contribution in [1.29, 1.82) is 0 Å². The van der Waals surface area contributed by atoms with E-state index >= 15 is 0 Å². The summed E-state index contributed by atoms with van der Waals surface area (Å²) in [6.45, 7) is 0.560. The van der Waals surface area contributed by atoms with Crippen LogP contribution in [0.1, 0.15) is 5.56 Å². The van der Waals surface area contributed by atoms with Crippen LogP contribution in [0.25, 0.3) is 22.4 Å². The lowest BCUT2D eigenvalue weighted by Gasteiger charge is -2.03. The highest BCUT2D eigenvalue weighted by atomic mass is 15.2. The highest BCUT2D eigenvalue weighted by Gasteiger charge is 2.11. The predicted octanol–water partition coefficient (Wildman–Crippen LogP) is 2.61. The Kier molecular flexibility index (Phi) is 3.31. The van der Waals surface area contributed by atoms with Crippen LogP contribution in [-0.2, 0) is 13.6 Å². The molecule has 0 fully saturated rings. The standard InChI is InChI=1S/C16H16N4/c1-20-11-15(13-4-2-12(10-17)3-5-13)16(19-20)14-6-8-18-9-7-14/h2-9,11H,10,17H2,1H3. The second kappa shape index (κ2) is 5.27. The zero-order valence-corrected chi connectivity index (χ0v) is 11.3. The van der Waals surface area contributed by atoms with Gasteiger partial charge in [-0.05, 0) is 23.3 Å². The highest BCUT2D eigenvalue weighted by Crippen LogP contribution is 2.30. The van der Waals surface area contributed by atoms with Crippen LogP contribution in [0.3, 0.4) is 0 Å². The van der Waals surface area contributed by atoms with Gasteiger partial charge >= 0.3 is 0 Å². The van der Waals surface area contributed by atoms with Gasteiger partial charge in [-0.3, -0.25) is 9.67 Å². The molecule has 0 saturated heterocycles. The predicted molar refractivity (Wildman–Crippen MR) is 79.8 cm³/mol. The molecule has 0 aliphatic heterocycles. The summed E-state index contributed by atoms with van der Waals surface area (Å²) in [6, 6.07) is 12.2. The van der Waals surface area contributed by atoms with Gasteiger partial charge in [0.2, 0.25) is 0 Å². The number of aromatic nitrogens is 3. The second-order valence-corrected chi connectivity index (χ2v) is 4.70. The maximum Gasteiger partial charge on any atom is 0.100 e. The number of pyridine rings is 1. The molecule has 4 nitrogen and oxygen atoms in total. The van der Waals surface area contributed by atoms with E-state index in [2.05, 4.69) is 34.3 Å². The lowest BCUT2D eigenvalue weighted by Crippen LogP contribution is -1.95. The van der Waals surface area contributed by atoms with Crippen molar-refractivity contribution in [3.05, 3.63) is 60.6 Å². The van der Waals surface area contributed by atoms with Gasteiger partial charge in [0.25, 0.3) is 0 Å². The van der Waals surface area contributed by atoms with E-state index < -0.39 is 0 Å². The summed E-state index contributed by atoms with van der Waals surface area (Å²) in [5.41, 5.74) is 11.1. The zero-order chi connectivity index (χ0) is 13.9. The molecule has 0 bridgehead atoms. The maximum atomic E-state index is 5.64. The smallest absolute Gasteiger partial charge is 0.100 e. The van der Waals surface area contributed by atoms with Crippen molar-refractivity contribution in [2.45, 2.75) is 6.54 Å².